The summed E-state index contributed by atoms with van der Waals surface area (Å²) in [5, 5.41) is 11.2. The number of rotatable bonds is 7. The fourth-order valence-corrected chi connectivity index (χ4v) is 3.17. The van der Waals surface area contributed by atoms with Crippen LogP contribution in [0.15, 0.2) is 53.3 Å². The van der Waals surface area contributed by atoms with Gasteiger partial charge in [-0.25, -0.2) is 4.68 Å². The van der Waals surface area contributed by atoms with Gasteiger partial charge in [0, 0.05) is 24.7 Å². The predicted molar refractivity (Wildman–Crippen MR) is 116 cm³/mol. The topological polar surface area (TPSA) is 96.3 Å². The lowest BCUT2D eigenvalue weighted by Crippen LogP contribution is -2.28. The van der Waals surface area contributed by atoms with E-state index in [1.165, 1.54) is 4.68 Å². The lowest BCUT2D eigenvalue weighted by Gasteiger charge is -2.12. The van der Waals surface area contributed by atoms with Gasteiger partial charge in [0.1, 0.15) is 0 Å². The Labute approximate surface area is 174 Å². The molecule has 0 aliphatic rings. The van der Waals surface area contributed by atoms with E-state index in [-0.39, 0.29) is 23.8 Å². The Morgan fingerprint density at radius 1 is 1.03 bits per heavy atom. The molecule has 0 aliphatic carbocycles. The summed E-state index contributed by atoms with van der Waals surface area (Å²) in [6.45, 7) is 0.613. The maximum Gasteiger partial charge on any atom is 0.274 e. The van der Waals surface area contributed by atoms with Gasteiger partial charge in [-0.05, 0) is 37.9 Å². The number of hydrogen-bond donors (Lipinski definition) is 2. The monoisotopic (exact) mass is 407 g/mol. The number of aryl methyl sites for hydroxylation is 1. The summed E-state index contributed by atoms with van der Waals surface area (Å²) in [5.74, 6) is -0.304. The van der Waals surface area contributed by atoms with Crippen LogP contribution in [0.5, 0.6) is 0 Å². The Bertz CT molecular complexity index is 1140. The summed E-state index contributed by atoms with van der Waals surface area (Å²) in [6, 6.07) is 14.5. The minimum Gasteiger partial charge on any atom is -0.352 e. The lowest BCUT2D eigenvalue weighted by molar-refractivity contribution is -0.120. The lowest BCUT2D eigenvalue weighted by atomic mass is 10.1. The van der Waals surface area contributed by atoms with Crippen molar-refractivity contribution in [2.75, 3.05) is 26.0 Å². The minimum absolute atomic E-state index is 0.0634. The molecule has 30 heavy (non-hydrogen) atoms. The Balaban J connectivity index is 1.65. The Morgan fingerprint density at radius 2 is 1.77 bits per heavy atom. The highest BCUT2D eigenvalue weighted by atomic mass is 16.2. The van der Waals surface area contributed by atoms with Gasteiger partial charge in [-0.1, -0.05) is 30.3 Å². The standard InChI is InChI=1S/C22H25N5O3/c1-26(2)14-21(29)24-16-8-6-7-15(11-16)13-23-20(28)12-19-17-9-4-5-10-18(17)22(30)27(3)25-19/h4-11H,12-14H2,1-3H3,(H,23,28)(H,24,29). The molecule has 0 saturated heterocycles. The third kappa shape index (κ3) is 5.30. The van der Waals surface area contributed by atoms with Crippen LogP contribution in [0.4, 0.5) is 5.69 Å². The maximum atomic E-state index is 12.5. The highest BCUT2D eigenvalue weighted by Gasteiger charge is 2.12. The largest absolute Gasteiger partial charge is 0.352 e. The molecule has 3 rings (SSSR count). The molecule has 8 heteroatoms. The van der Waals surface area contributed by atoms with Gasteiger partial charge < -0.3 is 15.5 Å². The zero-order chi connectivity index (χ0) is 21.7. The second kappa shape index (κ2) is 9.32. The van der Waals surface area contributed by atoms with E-state index < -0.39 is 0 Å². The second-order valence-electron chi connectivity index (χ2n) is 7.36. The average molecular weight is 407 g/mol. The van der Waals surface area contributed by atoms with Crippen LogP contribution in [0.1, 0.15) is 11.3 Å². The number of anilines is 1. The van der Waals surface area contributed by atoms with Crippen LogP contribution in [0.3, 0.4) is 0 Å². The van der Waals surface area contributed by atoms with Crippen LogP contribution >= 0.6 is 0 Å². The number of benzene rings is 2. The first kappa shape index (κ1) is 21.2. The zero-order valence-electron chi connectivity index (χ0n) is 17.3. The minimum atomic E-state index is -0.201. The third-order valence-corrected chi connectivity index (χ3v) is 4.52. The van der Waals surface area contributed by atoms with E-state index in [1.807, 2.05) is 38.4 Å². The number of likely N-dealkylation sites (N-methyl/N-ethyl adjacent to an activating group) is 1. The molecule has 0 bridgehead atoms. The number of carbonyl (C=O) groups excluding carboxylic acids is 2. The quantitative estimate of drug-likeness (QED) is 0.615. The van der Waals surface area contributed by atoms with Gasteiger partial charge in [-0.2, -0.15) is 5.10 Å². The third-order valence-electron chi connectivity index (χ3n) is 4.52. The number of aromatic nitrogens is 2. The predicted octanol–water partition coefficient (Wildman–Crippen LogP) is 1.29. The van der Waals surface area contributed by atoms with Crippen LogP contribution in [0.25, 0.3) is 10.8 Å². The van der Waals surface area contributed by atoms with E-state index in [4.69, 9.17) is 0 Å². The summed E-state index contributed by atoms with van der Waals surface area (Å²) < 4.78 is 1.25. The smallest absolute Gasteiger partial charge is 0.274 e. The molecule has 156 valence electrons. The molecule has 0 unspecified atom stereocenters. The summed E-state index contributed by atoms with van der Waals surface area (Å²) in [7, 11) is 5.23. The average Bonchev–Trinajstić information content (AvgIpc) is 2.70. The van der Waals surface area contributed by atoms with Crippen LogP contribution in [0, 0.1) is 0 Å². The molecule has 0 atom stereocenters. The van der Waals surface area contributed by atoms with E-state index in [2.05, 4.69) is 15.7 Å². The molecule has 0 spiro atoms. The van der Waals surface area contributed by atoms with Crippen molar-refractivity contribution in [1.29, 1.82) is 0 Å². The van der Waals surface area contributed by atoms with Crippen LogP contribution in [0.2, 0.25) is 0 Å². The second-order valence-corrected chi connectivity index (χ2v) is 7.36. The van der Waals surface area contributed by atoms with Crippen molar-refractivity contribution in [3.8, 4) is 0 Å². The molecule has 1 aromatic heterocycles. The van der Waals surface area contributed by atoms with Crippen molar-refractivity contribution in [3.63, 3.8) is 0 Å². The molecule has 1 heterocycles. The Kier molecular flexibility index (Phi) is 6.58. The summed E-state index contributed by atoms with van der Waals surface area (Å²) in [6.07, 6.45) is 0.0634. The van der Waals surface area contributed by atoms with Gasteiger partial charge >= 0.3 is 0 Å². The van der Waals surface area contributed by atoms with Gasteiger partial charge in [0.25, 0.3) is 5.56 Å². The first-order valence-corrected chi connectivity index (χ1v) is 9.58. The van der Waals surface area contributed by atoms with Crippen molar-refractivity contribution >= 4 is 28.3 Å². The number of amides is 2. The van der Waals surface area contributed by atoms with Gasteiger partial charge in [0.2, 0.25) is 11.8 Å². The van der Waals surface area contributed by atoms with Crippen molar-refractivity contribution in [2.24, 2.45) is 7.05 Å². The number of nitrogens with one attached hydrogen (secondary N) is 2. The normalized spacial score (nSPS) is 10.9. The highest BCUT2D eigenvalue weighted by Crippen LogP contribution is 2.14. The number of carbonyl (C=O) groups is 2. The first-order valence-electron chi connectivity index (χ1n) is 9.58. The Morgan fingerprint density at radius 3 is 2.50 bits per heavy atom. The van der Waals surface area contributed by atoms with Crippen LogP contribution in [-0.4, -0.2) is 47.1 Å². The number of nitrogens with zero attached hydrogens (tertiary/aromatic N) is 3. The fourth-order valence-electron chi connectivity index (χ4n) is 3.17. The summed E-state index contributed by atoms with van der Waals surface area (Å²) >= 11 is 0. The molecule has 8 nitrogen and oxygen atoms in total. The molecule has 0 aliphatic heterocycles. The maximum absolute atomic E-state index is 12.5. The van der Waals surface area contributed by atoms with E-state index in [0.29, 0.717) is 35.2 Å². The Hall–Kier alpha value is -3.52. The van der Waals surface area contributed by atoms with Crippen molar-refractivity contribution < 1.29 is 9.59 Å². The van der Waals surface area contributed by atoms with E-state index >= 15 is 0 Å². The van der Waals surface area contributed by atoms with Gasteiger partial charge in [0.15, 0.2) is 0 Å². The molecule has 2 amide bonds. The van der Waals surface area contributed by atoms with E-state index in [9.17, 15) is 14.4 Å². The van der Waals surface area contributed by atoms with Crippen LogP contribution < -0.4 is 16.2 Å². The highest BCUT2D eigenvalue weighted by molar-refractivity contribution is 5.92. The summed E-state index contributed by atoms with van der Waals surface area (Å²) in [4.78, 5) is 38.4. The number of hydrogen-bond acceptors (Lipinski definition) is 5. The molecule has 0 radical (unpaired) electrons. The van der Waals surface area contributed by atoms with Crippen LogP contribution in [-0.2, 0) is 29.6 Å². The molecule has 0 saturated carbocycles. The molecular formula is C22H25N5O3. The summed E-state index contributed by atoms with van der Waals surface area (Å²) in [5.41, 5.74) is 1.90. The molecule has 3 aromatic rings. The van der Waals surface area contributed by atoms with Crippen molar-refractivity contribution in [2.45, 2.75) is 13.0 Å². The van der Waals surface area contributed by atoms with Crippen molar-refractivity contribution in [1.82, 2.24) is 20.0 Å². The van der Waals surface area contributed by atoms with Crippen molar-refractivity contribution in [3.05, 3.63) is 70.1 Å². The molecular weight excluding hydrogens is 382 g/mol. The van der Waals surface area contributed by atoms with Gasteiger partial charge in [-0.15, -0.1) is 0 Å². The van der Waals surface area contributed by atoms with Gasteiger partial charge in [-0.3, -0.25) is 14.4 Å². The first-order chi connectivity index (χ1) is 14.3. The number of fused-ring (bicyclic) bond motifs is 1. The molecule has 0 fully saturated rings. The molecule has 2 N–H and O–H groups in total. The van der Waals surface area contributed by atoms with E-state index in [1.54, 1.807) is 36.2 Å². The SMILES string of the molecule is CN(C)CC(=O)Nc1cccc(CNC(=O)Cc2nn(C)c(=O)c3ccccc23)c1. The zero-order valence-corrected chi connectivity index (χ0v) is 17.3. The molecule has 2 aromatic carbocycles. The van der Waals surface area contributed by atoms with E-state index in [0.717, 1.165) is 5.56 Å². The fraction of sp³-hybridized carbons (Fsp3) is 0.273. The van der Waals surface area contributed by atoms with Gasteiger partial charge in [0.05, 0.1) is 24.0 Å².